The number of hydrogen-bond donors (Lipinski definition) is 2. The van der Waals surface area contributed by atoms with Gasteiger partial charge in [-0.15, -0.1) is 11.3 Å². The molecule has 202 valence electrons. The highest BCUT2D eigenvalue weighted by molar-refractivity contribution is 7.15. The van der Waals surface area contributed by atoms with Gasteiger partial charge in [0.1, 0.15) is 4.88 Å². The van der Waals surface area contributed by atoms with E-state index in [-0.39, 0.29) is 34.4 Å². The second-order valence-electron chi connectivity index (χ2n) is 11.6. The van der Waals surface area contributed by atoms with Crippen LogP contribution < -0.4 is 4.90 Å². The van der Waals surface area contributed by atoms with Crippen LogP contribution >= 0.6 is 11.3 Å². The number of amides is 1. The van der Waals surface area contributed by atoms with Crippen LogP contribution in [0.1, 0.15) is 87.2 Å². The molecule has 1 aromatic rings. The lowest BCUT2D eigenvalue weighted by atomic mass is 9.84. The van der Waals surface area contributed by atoms with Crippen molar-refractivity contribution < 1.29 is 29.3 Å². The van der Waals surface area contributed by atoms with Crippen LogP contribution in [-0.4, -0.2) is 59.7 Å². The van der Waals surface area contributed by atoms with Gasteiger partial charge in [-0.25, -0.2) is 4.79 Å². The Hall–Kier alpha value is -2.18. The number of carbonyl (C=O) groups excluding carboxylic acids is 1. The summed E-state index contributed by atoms with van der Waals surface area (Å²) < 4.78 is 11.7. The van der Waals surface area contributed by atoms with E-state index in [0.29, 0.717) is 42.9 Å². The number of thiophene rings is 1. The maximum absolute atomic E-state index is 14.0. The summed E-state index contributed by atoms with van der Waals surface area (Å²) in [5.41, 5.74) is 1.23. The molecule has 0 bridgehead atoms. The minimum absolute atomic E-state index is 0.111. The van der Waals surface area contributed by atoms with Crippen molar-refractivity contribution in [1.82, 2.24) is 0 Å². The molecule has 8 heteroatoms. The molecule has 2 heterocycles. The van der Waals surface area contributed by atoms with Crippen LogP contribution in [0, 0.1) is 23.2 Å². The zero-order valence-corrected chi connectivity index (χ0v) is 23.1. The maximum Gasteiger partial charge on any atom is 0.348 e. The number of aromatic carboxylic acids is 1. The lowest BCUT2D eigenvalue weighted by Gasteiger charge is -2.40. The van der Waals surface area contributed by atoms with Gasteiger partial charge in [-0.3, -0.25) is 4.79 Å². The van der Waals surface area contributed by atoms with Gasteiger partial charge in [0.2, 0.25) is 5.91 Å². The van der Waals surface area contributed by atoms with Gasteiger partial charge >= 0.3 is 5.97 Å². The van der Waals surface area contributed by atoms with E-state index in [1.807, 2.05) is 33.8 Å². The molecule has 2 aliphatic carbocycles. The van der Waals surface area contributed by atoms with Gasteiger partial charge in [0.05, 0.1) is 41.4 Å². The first-order valence-electron chi connectivity index (χ1n) is 13.3. The second kappa shape index (κ2) is 11.7. The molecule has 0 spiro atoms. The number of anilines is 1. The molecular weight excluding hydrogens is 490 g/mol. The van der Waals surface area contributed by atoms with Gasteiger partial charge in [-0.2, -0.15) is 0 Å². The quantitative estimate of drug-likeness (QED) is 0.397. The van der Waals surface area contributed by atoms with Gasteiger partial charge in [0, 0.05) is 18.1 Å². The summed E-state index contributed by atoms with van der Waals surface area (Å²) in [4.78, 5) is 28.8. The van der Waals surface area contributed by atoms with E-state index in [0.717, 1.165) is 42.8 Å². The molecule has 1 aliphatic heterocycles. The molecule has 3 atom stereocenters. The van der Waals surface area contributed by atoms with Crippen LogP contribution in [0.15, 0.2) is 17.7 Å². The Morgan fingerprint density at radius 1 is 1.16 bits per heavy atom. The number of ether oxygens (including phenoxy) is 2. The second-order valence-corrected chi connectivity index (χ2v) is 12.6. The highest BCUT2D eigenvalue weighted by atomic mass is 32.1. The van der Waals surface area contributed by atoms with Crippen molar-refractivity contribution in [3.05, 3.63) is 27.5 Å². The highest BCUT2D eigenvalue weighted by Crippen LogP contribution is 2.38. The van der Waals surface area contributed by atoms with Gasteiger partial charge in [-0.1, -0.05) is 23.5 Å². The van der Waals surface area contributed by atoms with Crippen LogP contribution in [-0.2, 0) is 14.3 Å². The Morgan fingerprint density at radius 3 is 2.49 bits per heavy atom. The molecule has 2 N–H and O–H groups in total. The van der Waals surface area contributed by atoms with Crippen molar-refractivity contribution in [3.8, 4) is 11.8 Å². The Balaban J connectivity index is 1.63. The van der Waals surface area contributed by atoms with Crippen molar-refractivity contribution in [3.63, 3.8) is 0 Å². The van der Waals surface area contributed by atoms with E-state index in [1.165, 1.54) is 0 Å². The van der Waals surface area contributed by atoms with E-state index in [9.17, 15) is 19.8 Å². The molecule has 2 fully saturated rings. The Kier molecular flexibility index (Phi) is 8.80. The zero-order chi connectivity index (χ0) is 26.7. The van der Waals surface area contributed by atoms with Gasteiger partial charge in [0.15, 0.2) is 0 Å². The van der Waals surface area contributed by atoms with Crippen LogP contribution in [0.3, 0.4) is 0 Å². The number of carboxylic acid groups (broad SMARTS) is 1. The number of aliphatic hydroxyl groups excluding tert-OH is 1. The van der Waals surface area contributed by atoms with Crippen LogP contribution in [0.5, 0.6) is 0 Å². The highest BCUT2D eigenvalue weighted by Gasteiger charge is 2.40. The van der Waals surface area contributed by atoms with Gasteiger partial charge in [-0.05, 0) is 78.7 Å². The fraction of sp³-hybridized carbons (Fsp3) is 0.655. The molecule has 4 rings (SSSR count). The smallest absolute Gasteiger partial charge is 0.348 e. The third-order valence-electron chi connectivity index (χ3n) is 7.28. The lowest BCUT2D eigenvalue weighted by molar-refractivity contribution is -0.127. The molecule has 1 saturated heterocycles. The molecule has 7 nitrogen and oxygen atoms in total. The zero-order valence-electron chi connectivity index (χ0n) is 22.3. The number of allylic oxidation sites excluding steroid dienone is 1. The number of nitrogens with zero attached hydrogens (tertiary/aromatic N) is 1. The number of aliphatic hydroxyl groups is 1. The third kappa shape index (κ3) is 7.02. The molecule has 3 aliphatic rings. The van der Waals surface area contributed by atoms with E-state index in [1.54, 1.807) is 11.0 Å². The summed E-state index contributed by atoms with van der Waals surface area (Å²) in [6, 6.07) is 1.59. The fourth-order valence-corrected chi connectivity index (χ4v) is 6.18. The van der Waals surface area contributed by atoms with Gasteiger partial charge in [0.25, 0.3) is 0 Å². The first-order chi connectivity index (χ1) is 17.5. The van der Waals surface area contributed by atoms with Crippen molar-refractivity contribution in [2.75, 3.05) is 18.1 Å². The number of rotatable bonds is 6. The number of hydrogen-bond acceptors (Lipinski definition) is 6. The largest absolute Gasteiger partial charge is 0.477 e. The van der Waals surface area contributed by atoms with E-state index in [2.05, 4.69) is 11.8 Å². The first-order valence-corrected chi connectivity index (χ1v) is 14.1. The first kappa shape index (κ1) is 27.8. The summed E-state index contributed by atoms with van der Waals surface area (Å²) in [6.07, 6.45) is 6.28. The maximum atomic E-state index is 14.0. The predicted octanol–water partition coefficient (Wildman–Crippen LogP) is 5.01. The topological polar surface area (TPSA) is 96.3 Å². The van der Waals surface area contributed by atoms with Crippen LogP contribution in [0.4, 0.5) is 5.69 Å². The molecular formula is C29H39NO6S. The molecule has 0 aromatic carbocycles. The van der Waals surface area contributed by atoms with E-state index >= 15 is 0 Å². The minimum atomic E-state index is -1.07. The van der Waals surface area contributed by atoms with Crippen molar-refractivity contribution >= 4 is 28.9 Å². The van der Waals surface area contributed by atoms with E-state index in [4.69, 9.17) is 9.47 Å². The monoisotopic (exact) mass is 529 g/mol. The number of carboxylic acids is 1. The molecule has 37 heavy (non-hydrogen) atoms. The SMILES string of the molecule is CC1=CC[C@@H](C(=O)N(c2cc(C#CC(C)(C)C)sc2C(=O)O)[C@H]2CC[C@@H](OC3CCOC3)CC2)[C@@H](O)C1. The average molecular weight is 530 g/mol. The van der Waals surface area contributed by atoms with E-state index < -0.39 is 18.0 Å². The summed E-state index contributed by atoms with van der Waals surface area (Å²) in [5.74, 6) is 4.41. The molecule has 1 aromatic heterocycles. The lowest BCUT2D eigenvalue weighted by Crippen LogP contribution is -2.49. The van der Waals surface area contributed by atoms with Crippen molar-refractivity contribution in [1.29, 1.82) is 0 Å². The Labute approximate surface area is 223 Å². The van der Waals surface area contributed by atoms with Crippen molar-refractivity contribution in [2.45, 2.75) is 97.0 Å². The van der Waals surface area contributed by atoms with Crippen LogP contribution in [0.2, 0.25) is 0 Å². The van der Waals surface area contributed by atoms with Crippen LogP contribution in [0.25, 0.3) is 0 Å². The normalized spacial score (nSPS) is 28.2. The predicted molar refractivity (Wildman–Crippen MR) is 144 cm³/mol. The summed E-state index contributed by atoms with van der Waals surface area (Å²) in [6.45, 7) is 9.32. The van der Waals surface area contributed by atoms with Crippen molar-refractivity contribution in [2.24, 2.45) is 11.3 Å². The van der Waals surface area contributed by atoms with Gasteiger partial charge < -0.3 is 24.6 Å². The third-order valence-corrected chi connectivity index (χ3v) is 8.31. The Bertz CT molecular complexity index is 1080. The average Bonchev–Trinajstić information content (AvgIpc) is 3.49. The molecule has 0 radical (unpaired) electrons. The fourth-order valence-electron chi connectivity index (χ4n) is 5.34. The Morgan fingerprint density at radius 2 is 1.89 bits per heavy atom. The minimum Gasteiger partial charge on any atom is -0.477 e. The molecule has 1 amide bonds. The standard InChI is InChI=1S/C29H39NO6S/c1-18-5-10-23(25(31)15-18)27(32)30(19-6-8-20(9-7-19)36-21-12-14-35-17-21)24-16-22(11-13-29(2,3)4)37-26(24)28(33)34/h5,16,19-21,23,25,31H,6-10,12,14-15,17H2,1-4H3,(H,33,34)/t19-,20+,21?,23-,25+/m1/s1. The molecule has 1 unspecified atom stereocenters. The molecule has 1 saturated carbocycles. The summed E-state index contributed by atoms with van der Waals surface area (Å²) in [7, 11) is 0. The number of carbonyl (C=O) groups is 2. The summed E-state index contributed by atoms with van der Waals surface area (Å²) in [5, 5.41) is 20.9. The summed E-state index contributed by atoms with van der Waals surface area (Å²) >= 11 is 1.11.